The van der Waals surface area contributed by atoms with Gasteiger partial charge in [-0.05, 0) is 35.6 Å². The average molecular weight is 271 g/mol. The van der Waals surface area contributed by atoms with Gasteiger partial charge in [-0.15, -0.1) is 0 Å². The molecule has 0 amide bonds. The van der Waals surface area contributed by atoms with E-state index in [0.29, 0.717) is 17.9 Å². The molecule has 0 saturated heterocycles. The second kappa shape index (κ2) is 5.25. The Balaban J connectivity index is 1.76. The molecule has 2 atom stereocenters. The van der Waals surface area contributed by atoms with E-state index in [-0.39, 0.29) is 17.6 Å². The predicted octanol–water partition coefficient (Wildman–Crippen LogP) is 3.04. The lowest BCUT2D eigenvalue weighted by Crippen LogP contribution is -2.37. The predicted molar refractivity (Wildman–Crippen MR) is 77.5 cm³/mol. The molecular formula is C17H18FNO. The fourth-order valence-corrected chi connectivity index (χ4v) is 2.95. The molecule has 3 heteroatoms. The van der Waals surface area contributed by atoms with Crippen molar-refractivity contribution in [2.75, 3.05) is 7.11 Å². The minimum absolute atomic E-state index is 0.0634. The molecule has 2 unspecified atom stereocenters. The zero-order chi connectivity index (χ0) is 14.1. The number of ether oxygens (including phenoxy) is 1. The summed E-state index contributed by atoms with van der Waals surface area (Å²) in [5, 5.41) is 0. The number of halogens is 1. The van der Waals surface area contributed by atoms with E-state index in [2.05, 4.69) is 12.1 Å². The fraction of sp³-hybridized carbons (Fsp3) is 0.294. The van der Waals surface area contributed by atoms with Crippen molar-refractivity contribution < 1.29 is 9.13 Å². The van der Waals surface area contributed by atoms with E-state index >= 15 is 0 Å². The molecule has 0 aliphatic heterocycles. The maximum Gasteiger partial charge on any atom is 0.168 e. The molecule has 0 spiro atoms. The Morgan fingerprint density at radius 1 is 1.25 bits per heavy atom. The molecule has 0 bridgehead atoms. The molecule has 0 aromatic heterocycles. The van der Waals surface area contributed by atoms with E-state index in [4.69, 9.17) is 10.5 Å². The van der Waals surface area contributed by atoms with Crippen LogP contribution in [0.1, 0.15) is 22.6 Å². The van der Waals surface area contributed by atoms with Crippen LogP contribution in [0.15, 0.2) is 42.5 Å². The first-order valence-corrected chi connectivity index (χ1v) is 6.85. The summed E-state index contributed by atoms with van der Waals surface area (Å²) >= 11 is 0. The van der Waals surface area contributed by atoms with Crippen molar-refractivity contribution in [3.8, 4) is 5.75 Å². The zero-order valence-corrected chi connectivity index (χ0v) is 11.5. The highest BCUT2D eigenvalue weighted by Crippen LogP contribution is 2.37. The quantitative estimate of drug-likeness (QED) is 0.927. The Bertz CT molecular complexity index is 626. The maximum atomic E-state index is 14.1. The second-order valence-electron chi connectivity index (χ2n) is 5.31. The van der Waals surface area contributed by atoms with Crippen LogP contribution in [0.25, 0.3) is 0 Å². The number of hydrogen-bond donors (Lipinski definition) is 1. The minimum atomic E-state index is -0.293. The van der Waals surface area contributed by atoms with Gasteiger partial charge in [0, 0.05) is 12.0 Å². The SMILES string of the molecule is COc1cccc(CC(N)C2Cc3ccccc32)c1F. The lowest BCUT2D eigenvalue weighted by molar-refractivity contribution is 0.381. The van der Waals surface area contributed by atoms with Gasteiger partial charge in [-0.2, -0.15) is 0 Å². The van der Waals surface area contributed by atoms with Gasteiger partial charge < -0.3 is 10.5 Å². The molecule has 0 radical (unpaired) electrons. The van der Waals surface area contributed by atoms with Crippen LogP contribution in [-0.2, 0) is 12.8 Å². The van der Waals surface area contributed by atoms with Crippen LogP contribution < -0.4 is 10.5 Å². The van der Waals surface area contributed by atoms with Crippen molar-refractivity contribution in [3.63, 3.8) is 0 Å². The van der Waals surface area contributed by atoms with Crippen molar-refractivity contribution in [2.45, 2.75) is 24.8 Å². The van der Waals surface area contributed by atoms with E-state index in [0.717, 1.165) is 6.42 Å². The summed E-state index contributed by atoms with van der Waals surface area (Å²) in [5.41, 5.74) is 9.57. The van der Waals surface area contributed by atoms with Crippen LogP contribution in [-0.4, -0.2) is 13.2 Å². The number of benzene rings is 2. The lowest BCUT2D eigenvalue weighted by Gasteiger charge is -2.34. The third-order valence-corrected chi connectivity index (χ3v) is 4.13. The third kappa shape index (κ3) is 2.18. The monoisotopic (exact) mass is 271 g/mol. The minimum Gasteiger partial charge on any atom is -0.494 e. The smallest absolute Gasteiger partial charge is 0.168 e. The van der Waals surface area contributed by atoms with Gasteiger partial charge in [0.1, 0.15) is 0 Å². The first kappa shape index (κ1) is 13.1. The molecule has 3 rings (SSSR count). The maximum absolute atomic E-state index is 14.1. The molecule has 1 aliphatic rings. The highest BCUT2D eigenvalue weighted by Gasteiger charge is 2.31. The third-order valence-electron chi connectivity index (χ3n) is 4.13. The molecule has 0 fully saturated rings. The van der Waals surface area contributed by atoms with E-state index in [9.17, 15) is 4.39 Å². The van der Waals surface area contributed by atoms with Gasteiger partial charge in [0.2, 0.25) is 0 Å². The Kier molecular flexibility index (Phi) is 3.45. The summed E-state index contributed by atoms with van der Waals surface area (Å²) in [6.07, 6.45) is 1.52. The Hall–Kier alpha value is -1.87. The van der Waals surface area contributed by atoms with E-state index < -0.39 is 0 Å². The second-order valence-corrected chi connectivity index (χ2v) is 5.31. The standard InChI is InChI=1S/C17H18FNO/c1-20-16-8-4-6-12(17(16)18)10-15(19)14-9-11-5-2-3-7-13(11)14/h2-8,14-15H,9-10,19H2,1H3. The van der Waals surface area contributed by atoms with Crippen LogP contribution in [0, 0.1) is 5.82 Å². The van der Waals surface area contributed by atoms with E-state index in [1.54, 1.807) is 18.2 Å². The number of hydrogen-bond acceptors (Lipinski definition) is 2. The zero-order valence-electron chi connectivity index (χ0n) is 11.5. The highest BCUT2D eigenvalue weighted by molar-refractivity contribution is 5.42. The number of methoxy groups -OCH3 is 1. The average Bonchev–Trinajstić information content (AvgIpc) is 2.42. The van der Waals surface area contributed by atoms with Crippen LogP contribution in [0.3, 0.4) is 0 Å². The summed E-state index contributed by atoms with van der Waals surface area (Å²) in [7, 11) is 1.48. The Morgan fingerprint density at radius 3 is 2.80 bits per heavy atom. The molecule has 20 heavy (non-hydrogen) atoms. The van der Waals surface area contributed by atoms with Crippen molar-refractivity contribution in [3.05, 3.63) is 65.0 Å². The largest absolute Gasteiger partial charge is 0.494 e. The van der Waals surface area contributed by atoms with Gasteiger partial charge in [-0.1, -0.05) is 36.4 Å². The fourth-order valence-electron chi connectivity index (χ4n) is 2.95. The molecule has 1 aliphatic carbocycles. The molecule has 2 N–H and O–H groups in total. The summed E-state index contributed by atoms with van der Waals surface area (Å²) in [4.78, 5) is 0. The van der Waals surface area contributed by atoms with Crippen molar-refractivity contribution in [1.29, 1.82) is 0 Å². The van der Waals surface area contributed by atoms with Crippen LogP contribution in [0.5, 0.6) is 5.75 Å². The van der Waals surface area contributed by atoms with Crippen LogP contribution >= 0.6 is 0 Å². The first-order chi connectivity index (χ1) is 9.70. The lowest BCUT2D eigenvalue weighted by atomic mass is 9.72. The van der Waals surface area contributed by atoms with Gasteiger partial charge >= 0.3 is 0 Å². The van der Waals surface area contributed by atoms with Gasteiger partial charge in [0.15, 0.2) is 11.6 Å². The summed E-state index contributed by atoms with van der Waals surface area (Å²) in [5.74, 6) is 0.318. The molecule has 104 valence electrons. The van der Waals surface area contributed by atoms with Gasteiger partial charge in [0.05, 0.1) is 7.11 Å². The van der Waals surface area contributed by atoms with Crippen molar-refractivity contribution in [2.24, 2.45) is 5.73 Å². The van der Waals surface area contributed by atoms with Gasteiger partial charge in [-0.25, -0.2) is 4.39 Å². The molecule has 2 nitrogen and oxygen atoms in total. The van der Waals surface area contributed by atoms with Crippen LogP contribution in [0.2, 0.25) is 0 Å². The molecule has 2 aromatic rings. The van der Waals surface area contributed by atoms with Gasteiger partial charge in [0.25, 0.3) is 0 Å². The summed E-state index contributed by atoms with van der Waals surface area (Å²) in [6, 6.07) is 13.5. The van der Waals surface area contributed by atoms with Crippen molar-refractivity contribution >= 4 is 0 Å². The normalized spacial score (nSPS) is 18.1. The van der Waals surface area contributed by atoms with E-state index in [1.807, 2.05) is 12.1 Å². The first-order valence-electron chi connectivity index (χ1n) is 6.85. The number of rotatable bonds is 4. The molecule has 0 heterocycles. The highest BCUT2D eigenvalue weighted by atomic mass is 19.1. The number of fused-ring (bicyclic) bond motifs is 1. The Labute approximate surface area is 118 Å². The molecule has 0 saturated carbocycles. The summed E-state index contributed by atoms with van der Waals surface area (Å²) < 4.78 is 19.1. The number of nitrogens with two attached hydrogens (primary N) is 1. The molecule has 2 aromatic carbocycles. The Morgan fingerprint density at radius 2 is 2.05 bits per heavy atom. The van der Waals surface area contributed by atoms with Crippen LogP contribution in [0.4, 0.5) is 4.39 Å². The topological polar surface area (TPSA) is 35.2 Å². The van der Waals surface area contributed by atoms with Crippen molar-refractivity contribution in [1.82, 2.24) is 0 Å². The molecular weight excluding hydrogens is 253 g/mol. The van der Waals surface area contributed by atoms with Gasteiger partial charge in [-0.3, -0.25) is 0 Å². The van der Waals surface area contributed by atoms with E-state index in [1.165, 1.54) is 18.2 Å². The summed E-state index contributed by atoms with van der Waals surface area (Å²) in [6.45, 7) is 0.